The van der Waals surface area contributed by atoms with Gasteiger partial charge in [0.2, 0.25) is 5.91 Å². The molecule has 1 saturated carbocycles. The highest BCUT2D eigenvalue weighted by molar-refractivity contribution is 8.01. The monoisotopic (exact) mass is 245 g/mol. The highest BCUT2D eigenvalue weighted by Gasteiger charge is 2.33. The van der Waals surface area contributed by atoms with Crippen LogP contribution in [0.4, 0.5) is 0 Å². The van der Waals surface area contributed by atoms with Crippen molar-refractivity contribution in [2.24, 2.45) is 0 Å². The largest absolute Gasteiger partial charge is 0.480 e. The molecule has 4 nitrogen and oxygen atoms in total. The SMILES string of the molecule is CCN(C(=O)CSC(C)(C)C(=O)O)C1CC1. The summed E-state index contributed by atoms with van der Waals surface area (Å²) in [6, 6.07) is 0.408. The lowest BCUT2D eigenvalue weighted by atomic mass is 10.2. The first-order valence-corrected chi connectivity index (χ1v) is 6.54. The fourth-order valence-electron chi connectivity index (χ4n) is 1.41. The van der Waals surface area contributed by atoms with Crippen LogP contribution in [0.15, 0.2) is 0 Å². The number of carbonyl (C=O) groups is 2. The molecule has 1 rings (SSSR count). The van der Waals surface area contributed by atoms with E-state index in [0.29, 0.717) is 6.04 Å². The zero-order valence-corrected chi connectivity index (χ0v) is 10.8. The van der Waals surface area contributed by atoms with Crippen molar-refractivity contribution < 1.29 is 14.7 Å². The standard InChI is InChI=1S/C11H19NO3S/c1-4-12(8-5-6-8)9(13)7-16-11(2,3)10(14)15/h8H,4-7H2,1-3H3,(H,14,15). The molecule has 0 aromatic heterocycles. The van der Waals surface area contributed by atoms with Crippen LogP contribution in [0.25, 0.3) is 0 Å². The summed E-state index contributed by atoms with van der Waals surface area (Å²) in [4.78, 5) is 24.6. The minimum Gasteiger partial charge on any atom is -0.480 e. The molecule has 5 heteroatoms. The van der Waals surface area contributed by atoms with Gasteiger partial charge in [-0.1, -0.05) is 0 Å². The Labute approximate surface area is 100 Å². The number of carbonyl (C=O) groups excluding carboxylic acids is 1. The molecule has 0 unspecified atom stereocenters. The summed E-state index contributed by atoms with van der Waals surface area (Å²) in [5, 5.41) is 8.93. The van der Waals surface area contributed by atoms with E-state index in [1.54, 1.807) is 13.8 Å². The Morgan fingerprint density at radius 3 is 2.38 bits per heavy atom. The lowest BCUT2D eigenvalue weighted by Gasteiger charge is -2.23. The van der Waals surface area contributed by atoms with Gasteiger partial charge in [0, 0.05) is 12.6 Å². The van der Waals surface area contributed by atoms with Gasteiger partial charge in [0.25, 0.3) is 0 Å². The zero-order valence-electron chi connectivity index (χ0n) is 10.0. The average molecular weight is 245 g/mol. The van der Waals surface area contributed by atoms with Gasteiger partial charge in [-0.2, -0.15) is 0 Å². The number of carboxylic acids is 1. The van der Waals surface area contributed by atoms with Crippen LogP contribution in [0.3, 0.4) is 0 Å². The quantitative estimate of drug-likeness (QED) is 0.772. The fraction of sp³-hybridized carbons (Fsp3) is 0.818. The Hall–Kier alpha value is -0.710. The van der Waals surface area contributed by atoms with E-state index in [1.165, 1.54) is 11.8 Å². The summed E-state index contributed by atoms with van der Waals surface area (Å²) in [6.07, 6.45) is 2.18. The number of amides is 1. The first-order chi connectivity index (χ1) is 7.38. The van der Waals surface area contributed by atoms with Crippen LogP contribution in [0.1, 0.15) is 33.6 Å². The van der Waals surface area contributed by atoms with Gasteiger partial charge in [-0.3, -0.25) is 9.59 Å². The molecule has 0 heterocycles. The van der Waals surface area contributed by atoms with Crippen molar-refractivity contribution in [2.45, 2.75) is 44.4 Å². The Morgan fingerprint density at radius 1 is 1.44 bits per heavy atom. The maximum atomic E-state index is 11.8. The molecule has 0 aromatic rings. The van der Waals surface area contributed by atoms with Crippen LogP contribution >= 0.6 is 11.8 Å². The van der Waals surface area contributed by atoms with E-state index in [-0.39, 0.29) is 11.7 Å². The van der Waals surface area contributed by atoms with Crippen molar-refractivity contribution in [1.29, 1.82) is 0 Å². The summed E-state index contributed by atoms with van der Waals surface area (Å²) >= 11 is 1.19. The minimum absolute atomic E-state index is 0.0596. The molecule has 92 valence electrons. The normalized spacial score (nSPS) is 15.9. The molecule has 0 saturated heterocycles. The predicted octanol–water partition coefficient (Wildman–Crippen LogP) is 1.59. The molecule has 0 aromatic carbocycles. The summed E-state index contributed by atoms with van der Waals surface area (Å²) in [7, 11) is 0. The van der Waals surface area contributed by atoms with Crippen LogP contribution in [0.2, 0.25) is 0 Å². The number of aliphatic carboxylic acids is 1. The molecule has 1 aliphatic rings. The van der Waals surface area contributed by atoms with Gasteiger partial charge in [-0.25, -0.2) is 0 Å². The second kappa shape index (κ2) is 5.08. The molecule has 1 N–H and O–H groups in total. The van der Waals surface area contributed by atoms with Gasteiger partial charge in [0.05, 0.1) is 5.75 Å². The fourth-order valence-corrected chi connectivity index (χ4v) is 2.18. The molecule has 16 heavy (non-hydrogen) atoms. The van der Waals surface area contributed by atoms with Crippen LogP contribution < -0.4 is 0 Å². The number of thioether (sulfide) groups is 1. The molecule has 0 spiro atoms. The molecule has 0 radical (unpaired) electrons. The van der Waals surface area contributed by atoms with E-state index < -0.39 is 10.7 Å². The lowest BCUT2D eigenvalue weighted by molar-refractivity contribution is -0.138. The number of hydrogen-bond acceptors (Lipinski definition) is 3. The third-order valence-corrected chi connectivity index (χ3v) is 4.01. The summed E-state index contributed by atoms with van der Waals surface area (Å²) in [6.45, 7) is 5.93. The van der Waals surface area contributed by atoms with Crippen LogP contribution in [-0.2, 0) is 9.59 Å². The van der Waals surface area contributed by atoms with E-state index >= 15 is 0 Å². The zero-order chi connectivity index (χ0) is 12.3. The van der Waals surface area contributed by atoms with Crippen molar-refractivity contribution >= 4 is 23.6 Å². The van der Waals surface area contributed by atoms with Gasteiger partial charge >= 0.3 is 5.97 Å². The molecular formula is C11H19NO3S. The molecule has 0 aliphatic heterocycles. The van der Waals surface area contributed by atoms with E-state index in [1.807, 2.05) is 11.8 Å². The Bertz CT molecular complexity index is 287. The van der Waals surface area contributed by atoms with Crippen LogP contribution in [0.5, 0.6) is 0 Å². The molecule has 1 amide bonds. The first-order valence-electron chi connectivity index (χ1n) is 5.55. The van der Waals surface area contributed by atoms with Crippen molar-refractivity contribution in [3.63, 3.8) is 0 Å². The predicted molar refractivity (Wildman–Crippen MR) is 64.6 cm³/mol. The van der Waals surface area contributed by atoms with Gasteiger partial charge in [-0.15, -0.1) is 11.8 Å². The van der Waals surface area contributed by atoms with E-state index in [2.05, 4.69) is 0 Å². The third-order valence-electron chi connectivity index (χ3n) is 2.72. The minimum atomic E-state index is -0.890. The molecule has 0 bridgehead atoms. The number of nitrogens with zero attached hydrogens (tertiary/aromatic N) is 1. The smallest absolute Gasteiger partial charge is 0.319 e. The summed E-state index contributed by atoms with van der Waals surface area (Å²) in [5.74, 6) is -0.562. The topological polar surface area (TPSA) is 57.6 Å². The average Bonchev–Trinajstić information content (AvgIpc) is 3.00. The Morgan fingerprint density at radius 2 is 2.00 bits per heavy atom. The lowest BCUT2D eigenvalue weighted by Crippen LogP contribution is -2.36. The van der Waals surface area contributed by atoms with E-state index in [9.17, 15) is 9.59 Å². The highest BCUT2D eigenvalue weighted by Crippen LogP contribution is 2.29. The van der Waals surface area contributed by atoms with Crippen LogP contribution in [-0.4, -0.2) is 45.0 Å². The van der Waals surface area contributed by atoms with Gasteiger partial charge in [0.15, 0.2) is 0 Å². The summed E-state index contributed by atoms with van der Waals surface area (Å²) in [5.41, 5.74) is 0. The second-order valence-corrected chi connectivity index (χ2v) is 6.11. The van der Waals surface area contributed by atoms with E-state index in [4.69, 9.17) is 5.11 Å². The number of rotatable bonds is 6. The maximum absolute atomic E-state index is 11.8. The Balaban J connectivity index is 2.42. The molecule has 0 atom stereocenters. The Kier molecular flexibility index (Phi) is 4.24. The van der Waals surface area contributed by atoms with Crippen molar-refractivity contribution in [1.82, 2.24) is 4.90 Å². The molecular weight excluding hydrogens is 226 g/mol. The van der Waals surface area contributed by atoms with Crippen LogP contribution in [0, 0.1) is 0 Å². The van der Waals surface area contributed by atoms with Crippen molar-refractivity contribution in [3.05, 3.63) is 0 Å². The summed E-state index contributed by atoms with van der Waals surface area (Å²) < 4.78 is -0.890. The molecule has 1 aliphatic carbocycles. The highest BCUT2D eigenvalue weighted by atomic mass is 32.2. The second-order valence-electron chi connectivity index (χ2n) is 4.52. The van der Waals surface area contributed by atoms with E-state index in [0.717, 1.165) is 19.4 Å². The van der Waals surface area contributed by atoms with Crippen molar-refractivity contribution in [2.75, 3.05) is 12.3 Å². The van der Waals surface area contributed by atoms with Gasteiger partial charge in [0.1, 0.15) is 4.75 Å². The first kappa shape index (κ1) is 13.4. The van der Waals surface area contributed by atoms with Gasteiger partial charge < -0.3 is 10.0 Å². The van der Waals surface area contributed by atoms with Crippen molar-refractivity contribution in [3.8, 4) is 0 Å². The molecule has 1 fully saturated rings. The van der Waals surface area contributed by atoms with Gasteiger partial charge in [-0.05, 0) is 33.6 Å². The third kappa shape index (κ3) is 3.40. The number of hydrogen-bond donors (Lipinski definition) is 1. The number of carboxylic acid groups (broad SMARTS) is 1. The maximum Gasteiger partial charge on any atom is 0.319 e.